The summed E-state index contributed by atoms with van der Waals surface area (Å²) in [5.41, 5.74) is 1.67. The maximum absolute atomic E-state index is 12.6. The molecule has 30 heavy (non-hydrogen) atoms. The Kier molecular flexibility index (Phi) is 6.18. The van der Waals surface area contributed by atoms with Crippen LogP contribution in [0.2, 0.25) is 0 Å². The van der Waals surface area contributed by atoms with Gasteiger partial charge in [0.15, 0.2) is 0 Å². The van der Waals surface area contributed by atoms with Crippen molar-refractivity contribution in [1.82, 2.24) is 14.9 Å². The van der Waals surface area contributed by atoms with Crippen LogP contribution < -0.4 is 19.9 Å². The molecule has 160 valence electrons. The van der Waals surface area contributed by atoms with Crippen molar-refractivity contribution in [3.05, 3.63) is 36.0 Å². The molecule has 0 spiro atoms. The SMILES string of the molecule is COc1cccc(NC(=O)N2CCN(c3cc(C)nc(N4CCOCC4)n3)CC2)c1. The number of methoxy groups -OCH3 is 1. The van der Waals surface area contributed by atoms with Crippen molar-refractivity contribution in [1.29, 1.82) is 0 Å². The third-order valence-corrected chi connectivity index (χ3v) is 5.33. The Hall–Kier alpha value is -3.07. The number of morpholine rings is 1. The topological polar surface area (TPSA) is 83.1 Å². The molecule has 1 aromatic heterocycles. The fourth-order valence-electron chi connectivity index (χ4n) is 3.65. The lowest BCUT2D eigenvalue weighted by molar-refractivity contribution is 0.122. The van der Waals surface area contributed by atoms with Crippen molar-refractivity contribution < 1.29 is 14.3 Å². The highest BCUT2D eigenvalue weighted by Gasteiger charge is 2.23. The van der Waals surface area contributed by atoms with E-state index in [0.29, 0.717) is 32.1 Å². The number of rotatable bonds is 4. The standard InChI is InChI=1S/C21H28N6O3/c1-16-14-19(24-20(22-16)26-10-12-30-13-11-26)25-6-8-27(9-7-25)21(28)23-17-4-3-5-18(15-17)29-2/h3-5,14-15H,6-13H2,1-2H3,(H,23,28). The molecule has 2 aromatic rings. The van der Waals surface area contributed by atoms with E-state index in [-0.39, 0.29) is 6.03 Å². The van der Waals surface area contributed by atoms with E-state index < -0.39 is 0 Å². The van der Waals surface area contributed by atoms with Crippen molar-refractivity contribution in [3.63, 3.8) is 0 Å². The number of carbonyl (C=O) groups excluding carboxylic acids is 1. The van der Waals surface area contributed by atoms with Gasteiger partial charge in [0.1, 0.15) is 11.6 Å². The molecule has 9 heteroatoms. The van der Waals surface area contributed by atoms with E-state index in [0.717, 1.165) is 49.3 Å². The van der Waals surface area contributed by atoms with E-state index in [1.165, 1.54) is 0 Å². The van der Waals surface area contributed by atoms with E-state index >= 15 is 0 Å². The van der Waals surface area contributed by atoms with E-state index in [1.807, 2.05) is 42.2 Å². The molecule has 0 aliphatic carbocycles. The Morgan fingerprint density at radius 3 is 2.53 bits per heavy atom. The summed E-state index contributed by atoms with van der Waals surface area (Å²) >= 11 is 0. The molecule has 4 rings (SSSR count). The molecule has 0 unspecified atom stereocenters. The minimum absolute atomic E-state index is 0.101. The maximum atomic E-state index is 12.6. The molecule has 0 saturated carbocycles. The summed E-state index contributed by atoms with van der Waals surface area (Å²) in [6, 6.07) is 9.28. The number of ether oxygens (including phenoxy) is 2. The summed E-state index contributed by atoms with van der Waals surface area (Å²) in [7, 11) is 1.61. The van der Waals surface area contributed by atoms with Crippen molar-refractivity contribution in [2.45, 2.75) is 6.92 Å². The van der Waals surface area contributed by atoms with Crippen LogP contribution >= 0.6 is 0 Å². The number of aryl methyl sites for hydroxylation is 1. The van der Waals surface area contributed by atoms with Gasteiger partial charge < -0.3 is 29.5 Å². The van der Waals surface area contributed by atoms with Gasteiger partial charge in [0.2, 0.25) is 5.95 Å². The number of amides is 2. The number of piperazine rings is 1. The van der Waals surface area contributed by atoms with Gasteiger partial charge in [-0.3, -0.25) is 0 Å². The summed E-state index contributed by atoms with van der Waals surface area (Å²) in [5.74, 6) is 2.39. The Labute approximate surface area is 176 Å². The molecule has 2 fully saturated rings. The first-order chi connectivity index (χ1) is 14.6. The number of anilines is 3. The number of urea groups is 1. The van der Waals surface area contributed by atoms with Gasteiger partial charge in [-0.05, 0) is 19.1 Å². The van der Waals surface area contributed by atoms with Crippen LogP contribution in [-0.2, 0) is 4.74 Å². The number of benzene rings is 1. The molecule has 0 atom stereocenters. The molecular formula is C21H28N6O3. The normalized spacial score (nSPS) is 17.1. The van der Waals surface area contributed by atoms with Crippen LogP contribution in [0, 0.1) is 6.92 Å². The van der Waals surface area contributed by atoms with Crippen LogP contribution in [0.5, 0.6) is 5.75 Å². The van der Waals surface area contributed by atoms with Crippen molar-refractivity contribution in [2.75, 3.05) is 74.7 Å². The lowest BCUT2D eigenvalue weighted by atomic mass is 10.3. The largest absolute Gasteiger partial charge is 0.497 e. The van der Waals surface area contributed by atoms with Crippen LogP contribution in [0.15, 0.2) is 30.3 Å². The highest BCUT2D eigenvalue weighted by Crippen LogP contribution is 2.21. The predicted molar refractivity (Wildman–Crippen MR) is 116 cm³/mol. The monoisotopic (exact) mass is 412 g/mol. The number of carbonyl (C=O) groups is 1. The number of nitrogens with one attached hydrogen (secondary N) is 1. The van der Waals surface area contributed by atoms with Crippen molar-refractivity contribution in [3.8, 4) is 5.75 Å². The summed E-state index contributed by atoms with van der Waals surface area (Å²) in [6.45, 7) is 7.73. The molecule has 3 heterocycles. The Balaban J connectivity index is 1.37. The van der Waals surface area contributed by atoms with Crippen LogP contribution in [0.3, 0.4) is 0 Å². The third kappa shape index (κ3) is 4.73. The molecule has 2 saturated heterocycles. The van der Waals surface area contributed by atoms with Gasteiger partial charge in [0.05, 0.1) is 20.3 Å². The smallest absolute Gasteiger partial charge is 0.321 e. The van der Waals surface area contributed by atoms with E-state index in [4.69, 9.17) is 14.5 Å². The van der Waals surface area contributed by atoms with Crippen LogP contribution in [0.25, 0.3) is 0 Å². The zero-order chi connectivity index (χ0) is 20.9. The van der Waals surface area contributed by atoms with Gasteiger partial charge >= 0.3 is 6.03 Å². The fourth-order valence-corrected chi connectivity index (χ4v) is 3.65. The second kappa shape index (κ2) is 9.17. The molecule has 9 nitrogen and oxygen atoms in total. The molecule has 1 N–H and O–H groups in total. The second-order valence-corrected chi connectivity index (χ2v) is 7.40. The minimum atomic E-state index is -0.101. The van der Waals surface area contributed by atoms with Crippen LogP contribution in [0.4, 0.5) is 22.2 Å². The highest BCUT2D eigenvalue weighted by atomic mass is 16.5. The lowest BCUT2D eigenvalue weighted by Gasteiger charge is -2.36. The first kappa shape index (κ1) is 20.2. The molecule has 1 aromatic carbocycles. The number of hydrogen-bond donors (Lipinski definition) is 1. The fraction of sp³-hybridized carbons (Fsp3) is 0.476. The summed E-state index contributed by atoms with van der Waals surface area (Å²) in [5, 5.41) is 2.95. The minimum Gasteiger partial charge on any atom is -0.497 e. The van der Waals surface area contributed by atoms with Gasteiger partial charge in [-0.2, -0.15) is 4.98 Å². The average molecular weight is 412 g/mol. The average Bonchev–Trinajstić information content (AvgIpc) is 2.79. The number of nitrogens with zero attached hydrogens (tertiary/aromatic N) is 5. The first-order valence-electron chi connectivity index (χ1n) is 10.3. The number of hydrogen-bond acceptors (Lipinski definition) is 7. The predicted octanol–water partition coefficient (Wildman–Crippen LogP) is 1.98. The third-order valence-electron chi connectivity index (χ3n) is 5.33. The van der Waals surface area contributed by atoms with Gasteiger partial charge in [0, 0.05) is 62.8 Å². The van der Waals surface area contributed by atoms with Crippen LogP contribution in [-0.4, -0.2) is 80.5 Å². The molecule has 0 radical (unpaired) electrons. The van der Waals surface area contributed by atoms with Gasteiger partial charge in [-0.25, -0.2) is 9.78 Å². The van der Waals surface area contributed by atoms with E-state index in [9.17, 15) is 4.79 Å². The van der Waals surface area contributed by atoms with E-state index in [1.54, 1.807) is 7.11 Å². The summed E-state index contributed by atoms with van der Waals surface area (Å²) in [4.78, 5) is 28.2. The molecule has 0 bridgehead atoms. The van der Waals surface area contributed by atoms with E-state index in [2.05, 4.69) is 20.1 Å². The molecule has 2 aliphatic heterocycles. The van der Waals surface area contributed by atoms with Crippen molar-refractivity contribution >= 4 is 23.5 Å². The van der Waals surface area contributed by atoms with Gasteiger partial charge in [-0.15, -0.1) is 0 Å². The van der Waals surface area contributed by atoms with Crippen molar-refractivity contribution in [2.24, 2.45) is 0 Å². The summed E-state index contributed by atoms with van der Waals surface area (Å²) in [6.07, 6.45) is 0. The van der Waals surface area contributed by atoms with Crippen LogP contribution in [0.1, 0.15) is 5.69 Å². The second-order valence-electron chi connectivity index (χ2n) is 7.40. The molecule has 2 amide bonds. The molecular weight excluding hydrogens is 384 g/mol. The van der Waals surface area contributed by atoms with Gasteiger partial charge in [-0.1, -0.05) is 6.07 Å². The summed E-state index contributed by atoms with van der Waals surface area (Å²) < 4.78 is 10.6. The zero-order valence-electron chi connectivity index (χ0n) is 17.5. The Bertz CT molecular complexity index is 879. The first-order valence-corrected chi connectivity index (χ1v) is 10.3. The molecule has 2 aliphatic rings. The zero-order valence-corrected chi connectivity index (χ0v) is 17.5. The Morgan fingerprint density at radius 1 is 1.03 bits per heavy atom. The maximum Gasteiger partial charge on any atom is 0.321 e. The Morgan fingerprint density at radius 2 is 1.80 bits per heavy atom. The number of aromatic nitrogens is 2. The van der Waals surface area contributed by atoms with Gasteiger partial charge in [0.25, 0.3) is 0 Å². The quantitative estimate of drug-likeness (QED) is 0.822. The highest BCUT2D eigenvalue weighted by molar-refractivity contribution is 5.89. The lowest BCUT2D eigenvalue weighted by Crippen LogP contribution is -2.50.